The van der Waals surface area contributed by atoms with Crippen molar-refractivity contribution in [2.24, 2.45) is 0 Å². The van der Waals surface area contributed by atoms with Gasteiger partial charge in [-0.2, -0.15) is 0 Å². The maximum absolute atomic E-state index is 11.8. The van der Waals surface area contributed by atoms with Crippen LogP contribution in [0.2, 0.25) is 0 Å². The summed E-state index contributed by atoms with van der Waals surface area (Å²) in [5.74, 6) is 0. The van der Waals surface area contributed by atoms with Crippen LogP contribution in [0.4, 0.5) is 0 Å². The Kier molecular flexibility index (Phi) is 2.99. The van der Waals surface area contributed by atoms with Gasteiger partial charge in [0.25, 0.3) is 0 Å². The number of aromatic nitrogens is 2. The van der Waals surface area contributed by atoms with E-state index in [2.05, 4.69) is 4.98 Å². The molecular formula is C12H18N2O2. The smallest absolute Gasteiger partial charge is 0.316 e. The van der Waals surface area contributed by atoms with Gasteiger partial charge in [-0.1, -0.05) is 6.42 Å². The Hall–Kier alpha value is -1.32. The minimum absolute atomic E-state index is 0.0571. The fourth-order valence-electron chi connectivity index (χ4n) is 2.44. The molecule has 16 heavy (non-hydrogen) atoms. The van der Waals surface area contributed by atoms with Gasteiger partial charge in [0, 0.05) is 17.4 Å². The van der Waals surface area contributed by atoms with E-state index in [4.69, 9.17) is 0 Å². The van der Waals surface area contributed by atoms with Crippen molar-refractivity contribution in [2.45, 2.75) is 52.0 Å². The lowest BCUT2D eigenvalue weighted by Crippen LogP contribution is -2.40. The first-order chi connectivity index (χ1) is 7.61. The molecule has 1 aliphatic carbocycles. The molecule has 0 fully saturated rings. The second-order valence-corrected chi connectivity index (χ2v) is 4.71. The molecule has 1 N–H and O–H groups in total. The van der Waals surface area contributed by atoms with Gasteiger partial charge in [0.05, 0.1) is 0 Å². The van der Waals surface area contributed by atoms with Crippen LogP contribution in [0.3, 0.4) is 0 Å². The Labute approximate surface area is 94.3 Å². The summed E-state index contributed by atoms with van der Waals surface area (Å²) in [6, 6.07) is 0.0571. The van der Waals surface area contributed by atoms with E-state index in [1.54, 1.807) is 4.57 Å². The third-order valence-corrected chi connectivity index (χ3v) is 3.17. The van der Waals surface area contributed by atoms with Crippen molar-refractivity contribution in [1.82, 2.24) is 9.55 Å². The first-order valence-corrected chi connectivity index (χ1v) is 5.98. The van der Waals surface area contributed by atoms with Crippen LogP contribution >= 0.6 is 0 Å². The Morgan fingerprint density at radius 2 is 1.81 bits per heavy atom. The lowest BCUT2D eigenvalue weighted by molar-refractivity contribution is 0.533. The van der Waals surface area contributed by atoms with Crippen LogP contribution in [0.25, 0.3) is 0 Å². The first-order valence-electron chi connectivity index (χ1n) is 5.98. The number of nitrogens with one attached hydrogen (secondary N) is 1. The highest BCUT2D eigenvalue weighted by Gasteiger charge is 2.17. The molecule has 4 nitrogen and oxygen atoms in total. The Morgan fingerprint density at radius 3 is 2.50 bits per heavy atom. The number of aromatic amines is 1. The van der Waals surface area contributed by atoms with E-state index in [9.17, 15) is 9.59 Å². The van der Waals surface area contributed by atoms with Crippen LogP contribution in [-0.2, 0) is 12.8 Å². The van der Waals surface area contributed by atoms with E-state index in [-0.39, 0.29) is 6.04 Å². The summed E-state index contributed by atoms with van der Waals surface area (Å²) in [5, 5.41) is 0. The van der Waals surface area contributed by atoms with Crippen LogP contribution in [0.5, 0.6) is 0 Å². The molecule has 0 radical (unpaired) electrons. The zero-order chi connectivity index (χ0) is 11.7. The van der Waals surface area contributed by atoms with Crippen LogP contribution in [0, 0.1) is 0 Å². The number of nitrogens with zero attached hydrogens (tertiary/aromatic N) is 1. The largest absolute Gasteiger partial charge is 0.320 e. The molecule has 88 valence electrons. The van der Waals surface area contributed by atoms with Crippen LogP contribution < -0.4 is 11.1 Å². The Morgan fingerprint density at radius 1 is 1.12 bits per heavy atom. The minimum Gasteiger partial charge on any atom is -0.320 e. The normalized spacial score (nSPS) is 15.9. The number of rotatable bonds is 1. The average Bonchev–Trinajstić information content (AvgIpc) is 2.44. The lowest BCUT2D eigenvalue weighted by atomic mass is 10.2. The molecule has 0 bridgehead atoms. The van der Waals surface area contributed by atoms with Crippen molar-refractivity contribution in [1.29, 1.82) is 0 Å². The monoisotopic (exact) mass is 222 g/mol. The SMILES string of the molecule is CC(C)n1c2c([nH]c(=O)c1=O)CCCCC2. The van der Waals surface area contributed by atoms with E-state index in [1.807, 2.05) is 13.8 Å². The van der Waals surface area contributed by atoms with Gasteiger partial charge in [0.1, 0.15) is 0 Å². The molecule has 1 heterocycles. The van der Waals surface area contributed by atoms with Gasteiger partial charge in [0.15, 0.2) is 0 Å². The summed E-state index contributed by atoms with van der Waals surface area (Å²) in [6.45, 7) is 3.90. The number of hydrogen-bond acceptors (Lipinski definition) is 2. The van der Waals surface area contributed by atoms with Gasteiger partial charge in [-0.15, -0.1) is 0 Å². The summed E-state index contributed by atoms with van der Waals surface area (Å²) in [7, 11) is 0. The number of H-pyrrole nitrogens is 1. The molecule has 1 aliphatic rings. The molecule has 2 rings (SSSR count). The number of fused-ring (bicyclic) bond motifs is 1. The summed E-state index contributed by atoms with van der Waals surface area (Å²) >= 11 is 0. The molecule has 0 amide bonds. The molecule has 0 spiro atoms. The van der Waals surface area contributed by atoms with Gasteiger partial charge in [0.2, 0.25) is 0 Å². The van der Waals surface area contributed by atoms with Crippen molar-refractivity contribution < 1.29 is 0 Å². The molecule has 1 aromatic rings. The highest BCUT2D eigenvalue weighted by Crippen LogP contribution is 2.18. The second kappa shape index (κ2) is 4.28. The topological polar surface area (TPSA) is 54.9 Å². The molecule has 0 unspecified atom stereocenters. The second-order valence-electron chi connectivity index (χ2n) is 4.71. The van der Waals surface area contributed by atoms with Crippen molar-refractivity contribution in [3.63, 3.8) is 0 Å². The van der Waals surface area contributed by atoms with Crippen molar-refractivity contribution in [2.75, 3.05) is 0 Å². The third kappa shape index (κ3) is 1.84. The predicted molar refractivity (Wildman–Crippen MR) is 63.0 cm³/mol. The summed E-state index contributed by atoms with van der Waals surface area (Å²) in [6.07, 6.45) is 5.16. The Bertz CT molecular complexity index is 497. The van der Waals surface area contributed by atoms with Gasteiger partial charge < -0.3 is 9.55 Å². The fraction of sp³-hybridized carbons (Fsp3) is 0.667. The van der Waals surface area contributed by atoms with E-state index >= 15 is 0 Å². The minimum atomic E-state index is -0.477. The zero-order valence-electron chi connectivity index (χ0n) is 9.88. The highest BCUT2D eigenvalue weighted by molar-refractivity contribution is 5.15. The molecular weight excluding hydrogens is 204 g/mol. The van der Waals surface area contributed by atoms with Gasteiger partial charge in [-0.25, -0.2) is 0 Å². The third-order valence-electron chi connectivity index (χ3n) is 3.17. The van der Waals surface area contributed by atoms with Crippen molar-refractivity contribution in [3.8, 4) is 0 Å². The van der Waals surface area contributed by atoms with Gasteiger partial charge >= 0.3 is 11.1 Å². The van der Waals surface area contributed by atoms with E-state index in [0.29, 0.717) is 0 Å². The van der Waals surface area contributed by atoms with E-state index < -0.39 is 11.1 Å². The van der Waals surface area contributed by atoms with E-state index in [1.165, 1.54) is 6.42 Å². The fourth-order valence-corrected chi connectivity index (χ4v) is 2.44. The summed E-state index contributed by atoms with van der Waals surface area (Å²) < 4.78 is 1.67. The van der Waals surface area contributed by atoms with Gasteiger partial charge in [-0.3, -0.25) is 9.59 Å². The lowest BCUT2D eigenvalue weighted by Gasteiger charge is -2.17. The standard InChI is InChI=1S/C12H18N2O2/c1-8(2)14-10-7-5-3-4-6-9(10)13-11(15)12(14)16/h8H,3-7H2,1-2H3,(H,13,15). The zero-order valence-corrected chi connectivity index (χ0v) is 9.88. The maximum atomic E-state index is 11.8. The molecule has 4 heteroatoms. The average molecular weight is 222 g/mol. The highest BCUT2D eigenvalue weighted by atomic mass is 16.2. The molecule has 1 aromatic heterocycles. The summed E-state index contributed by atoms with van der Waals surface area (Å²) in [5.41, 5.74) is 1.12. The van der Waals surface area contributed by atoms with E-state index in [0.717, 1.165) is 37.1 Å². The molecule has 0 aliphatic heterocycles. The molecule has 0 atom stereocenters. The summed E-state index contributed by atoms with van der Waals surface area (Å²) in [4.78, 5) is 26.1. The van der Waals surface area contributed by atoms with Crippen molar-refractivity contribution in [3.05, 3.63) is 32.1 Å². The van der Waals surface area contributed by atoms with Crippen LogP contribution in [0.1, 0.15) is 50.5 Å². The predicted octanol–water partition coefficient (Wildman–Crippen LogP) is 1.39. The molecule has 0 saturated heterocycles. The maximum Gasteiger partial charge on any atom is 0.316 e. The first kappa shape index (κ1) is 11.2. The van der Waals surface area contributed by atoms with Crippen molar-refractivity contribution >= 4 is 0 Å². The number of aryl methyl sites for hydroxylation is 1. The number of hydrogen-bond donors (Lipinski definition) is 1. The van der Waals surface area contributed by atoms with Crippen LogP contribution in [0.15, 0.2) is 9.59 Å². The quantitative estimate of drug-likeness (QED) is 0.576. The van der Waals surface area contributed by atoms with Crippen LogP contribution in [-0.4, -0.2) is 9.55 Å². The molecule has 0 aromatic carbocycles. The molecule has 0 saturated carbocycles. The van der Waals surface area contributed by atoms with Gasteiger partial charge in [-0.05, 0) is 39.5 Å². The Balaban J connectivity index is 2.70.